The van der Waals surface area contributed by atoms with Crippen LogP contribution < -0.4 is 10.2 Å². The number of amides is 2. The molecule has 0 bridgehead atoms. The van der Waals surface area contributed by atoms with Crippen molar-refractivity contribution in [3.8, 4) is 0 Å². The highest BCUT2D eigenvalue weighted by Gasteiger charge is 2.41. The van der Waals surface area contributed by atoms with Crippen LogP contribution in [0.1, 0.15) is 18.9 Å². The zero-order chi connectivity index (χ0) is 25.0. The fourth-order valence-electron chi connectivity index (χ4n) is 3.44. The van der Waals surface area contributed by atoms with E-state index in [-0.39, 0.29) is 16.5 Å². The van der Waals surface area contributed by atoms with E-state index in [0.717, 1.165) is 23.7 Å². The average molecular weight is 512 g/mol. The molecule has 2 amide bonds. The zero-order valence-corrected chi connectivity index (χ0v) is 20.4. The van der Waals surface area contributed by atoms with Crippen LogP contribution in [-0.2, 0) is 26.0 Å². The third-order valence-electron chi connectivity index (χ3n) is 5.28. The van der Waals surface area contributed by atoms with Gasteiger partial charge in [0.05, 0.1) is 10.6 Å². The van der Waals surface area contributed by atoms with Crippen LogP contribution in [0.5, 0.6) is 0 Å². The Morgan fingerprint density at radius 2 is 1.69 bits per heavy atom. The molecule has 0 radical (unpaired) electrons. The van der Waals surface area contributed by atoms with Crippen LogP contribution in [0.15, 0.2) is 88.2 Å². The lowest BCUT2D eigenvalue weighted by Crippen LogP contribution is -2.33. The van der Waals surface area contributed by atoms with Crippen molar-refractivity contribution in [3.63, 3.8) is 0 Å². The van der Waals surface area contributed by atoms with Crippen molar-refractivity contribution in [1.29, 1.82) is 0 Å². The van der Waals surface area contributed by atoms with Gasteiger partial charge in [0.1, 0.15) is 11.1 Å². The maximum absolute atomic E-state index is 13.3. The Labute approximate surface area is 207 Å². The Hall–Kier alpha value is -3.50. The molecule has 1 heterocycles. The maximum atomic E-state index is 13.3. The van der Waals surface area contributed by atoms with Gasteiger partial charge in [-0.05, 0) is 60.5 Å². The molecule has 35 heavy (non-hydrogen) atoms. The van der Waals surface area contributed by atoms with E-state index in [0.29, 0.717) is 11.4 Å². The van der Waals surface area contributed by atoms with Crippen LogP contribution in [0, 0.1) is 5.82 Å². The van der Waals surface area contributed by atoms with Crippen molar-refractivity contribution in [1.82, 2.24) is 0 Å². The lowest BCUT2D eigenvalue weighted by atomic mass is 10.2. The minimum atomic E-state index is -4.10. The fourth-order valence-corrected chi connectivity index (χ4v) is 5.78. The third-order valence-corrected chi connectivity index (χ3v) is 7.81. The van der Waals surface area contributed by atoms with Crippen molar-refractivity contribution in [3.05, 3.63) is 90.2 Å². The summed E-state index contributed by atoms with van der Waals surface area (Å²) in [6, 6.07) is 20.2. The molecule has 1 atom stereocenters. The summed E-state index contributed by atoms with van der Waals surface area (Å²) in [6.45, 7) is 1.97. The lowest BCUT2D eigenvalue weighted by molar-refractivity contribution is -0.121. The number of sulfonamides is 1. The molecule has 3 aromatic carbocycles. The van der Waals surface area contributed by atoms with Crippen LogP contribution in [0.4, 0.5) is 15.8 Å². The van der Waals surface area contributed by atoms with Gasteiger partial charge < -0.3 is 5.32 Å². The first-order valence-corrected chi connectivity index (χ1v) is 13.1. The number of hydrogen-bond acceptors (Lipinski definition) is 5. The molecule has 7 nitrogen and oxygen atoms in total. The summed E-state index contributed by atoms with van der Waals surface area (Å²) >= 11 is 0.919. The Kier molecular flexibility index (Phi) is 7.32. The van der Waals surface area contributed by atoms with Gasteiger partial charge in [-0.15, -0.1) is 4.40 Å². The average Bonchev–Trinajstić information content (AvgIpc) is 3.14. The zero-order valence-electron chi connectivity index (χ0n) is 18.7. The van der Waals surface area contributed by atoms with Gasteiger partial charge >= 0.3 is 0 Å². The summed E-state index contributed by atoms with van der Waals surface area (Å²) in [5.74, 6) is -1.35. The maximum Gasteiger partial charge on any atom is 0.284 e. The molecule has 4 rings (SSSR count). The number of benzene rings is 3. The third kappa shape index (κ3) is 5.77. The number of hydrogen-bond donors (Lipinski definition) is 1. The fraction of sp³-hybridized carbons (Fsp3) is 0.160. The van der Waals surface area contributed by atoms with Gasteiger partial charge in [0.25, 0.3) is 10.0 Å². The Morgan fingerprint density at radius 3 is 2.31 bits per heavy atom. The molecule has 0 spiro atoms. The highest BCUT2D eigenvalue weighted by molar-refractivity contribution is 8.16. The van der Waals surface area contributed by atoms with E-state index < -0.39 is 32.9 Å². The molecule has 1 aliphatic rings. The second-order valence-corrected chi connectivity index (χ2v) is 10.5. The number of nitrogens with zero attached hydrogens (tertiary/aromatic N) is 2. The van der Waals surface area contributed by atoms with Crippen LogP contribution in [0.25, 0.3) is 0 Å². The highest BCUT2D eigenvalue weighted by Crippen LogP contribution is 2.35. The molecule has 0 aromatic heterocycles. The number of thioether (sulfide) groups is 1. The summed E-state index contributed by atoms with van der Waals surface area (Å²) in [7, 11) is -4.10. The minimum Gasteiger partial charge on any atom is -0.326 e. The number of carbonyl (C=O) groups excluding carboxylic acids is 2. The predicted molar refractivity (Wildman–Crippen MR) is 135 cm³/mol. The number of amidine groups is 1. The molecule has 1 aliphatic heterocycles. The SMILES string of the molecule is CCc1ccc(S(=O)(=O)/N=C2/SC(CC(=O)Nc3ccc(F)cc3)C(=O)N2c2ccccc2)cc1. The smallest absolute Gasteiger partial charge is 0.284 e. The van der Waals surface area contributed by atoms with E-state index in [1.54, 1.807) is 42.5 Å². The van der Waals surface area contributed by atoms with Gasteiger partial charge in [0, 0.05) is 12.1 Å². The summed E-state index contributed by atoms with van der Waals surface area (Å²) in [5, 5.41) is 1.71. The van der Waals surface area contributed by atoms with E-state index in [2.05, 4.69) is 9.71 Å². The van der Waals surface area contributed by atoms with Gasteiger partial charge in [0.2, 0.25) is 11.8 Å². The number of nitrogens with one attached hydrogen (secondary N) is 1. The second-order valence-electron chi connectivity index (χ2n) is 7.72. The molecule has 1 N–H and O–H groups in total. The molecule has 0 saturated carbocycles. The van der Waals surface area contributed by atoms with Crippen molar-refractivity contribution >= 4 is 50.1 Å². The molecule has 3 aromatic rings. The Bertz CT molecular complexity index is 1360. The second kappa shape index (κ2) is 10.4. The van der Waals surface area contributed by atoms with Crippen LogP contribution in [-0.4, -0.2) is 30.6 Å². The summed E-state index contributed by atoms with van der Waals surface area (Å²) in [4.78, 5) is 27.1. The normalized spacial score (nSPS) is 17.1. The van der Waals surface area contributed by atoms with Crippen LogP contribution in [0.3, 0.4) is 0 Å². The van der Waals surface area contributed by atoms with E-state index in [9.17, 15) is 22.4 Å². The molecule has 0 aliphatic carbocycles. The molecule has 10 heteroatoms. The van der Waals surface area contributed by atoms with Gasteiger partial charge in [0.15, 0.2) is 5.17 Å². The summed E-state index contributed by atoms with van der Waals surface area (Å²) in [6.07, 6.45) is 0.553. The molecule has 1 saturated heterocycles. The molecule has 1 unspecified atom stereocenters. The largest absolute Gasteiger partial charge is 0.326 e. The van der Waals surface area contributed by atoms with E-state index in [1.165, 1.54) is 41.3 Å². The van der Waals surface area contributed by atoms with Gasteiger partial charge in [-0.2, -0.15) is 8.42 Å². The monoisotopic (exact) mass is 511 g/mol. The van der Waals surface area contributed by atoms with E-state index >= 15 is 0 Å². The summed E-state index contributed by atoms with van der Waals surface area (Å²) < 4.78 is 43.1. The van der Waals surface area contributed by atoms with Crippen molar-refractivity contribution in [2.45, 2.75) is 29.9 Å². The number of anilines is 2. The number of rotatable bonds is 7. The first-order chi connectivity index (χ1) is 16.8. The Balaban J connectivity index is 1.61. The first kappa shape index (κ1) is 24.6. The van der Waals surface area contributed by atoms with Crippen molar-refractivity contribution in [2.24, 2.45) is 4.40 Å². The highest BCUT2D eigenvalue weighted by atomic mass is 32.2. The molecular formula is C25H22FN3O4S2. The van der Waals surface area contributed by atoms with Crippen LogP contribution >= 0.6 is 11.8 Å². The predicted octanol–water partition coefficient (Wildman–Crippen LogP) is 4.61. The topological polar surface area (TPSA) is 95.9 Å². The van der Waals surface area contributed by atoms with Gasteiger partial charge in [-0.25, -0.2) is 4.39 Å². The van der Waals surface area contributed by atoms with Gasteiger partial charge in [-0.3, -0.25) is 14.5 Å². The summed E-state index contributed by atoms with van der Waals surface area (Å²) in [5.41, 5.74) is 1.82. The Morgan fingerprint density at radius 1 is 1.03 bits per heavy atom. The van der Waals surface area contributed by atoms with E-state index in [1.807, 2.05) is 6.92 Å². The molecule has 1 fully saturated rings. The lowest BCUT2D eigenvalue weighted by Gasteiger charge is -2.16. The van der Waals surface area contributed by atoms with Crippen LogP contribution in [0.2, 0.25) is 0 Å². The molecular weight excluding hydrogens is 489 g/mol. The number of halogens is 1. The van der Waals surface area contributed by atoms with Crippen molar-refractivity contribution < 1.29 is 22.4 Å². The standard InChI is InChI=1S/C25H22FN3O4S2/c1-2-17-8-14-21(15-9-17)35(32,33)28-25-29(20-6-4-3-5-7-20)24(31)22(34-25)16-23(30)27-19-12-10-18(26)11-13-19/h3-15,22H,2,16H2,1H3,(H,27,30)/b28-25+. The minimum absolute atomic E-state index is 0.0146. The van der Waals surface area contributed by atoms with Crippen molar-refractivity contribution in [2.75, 3.05) is 10.2 Å². The first-order valence-electron chi connectivity index (χ1n) is 10.8. The van der Waals surface area contributed by atoms with E-state index in [4.69, 9.17) is 0 Å². The quantitative estimate of drug-likeness (QED) is 0.500. The number of carbonyl (C=O) groups is 2. The molecule has 180 valence electrons. The number of para-hydroxylation sites is 1. The number of aryl methyl sites for hydroxylation is 1. The van der Waals surface area contributed by atoms with Gasteiger partial charge in [-0.1, -0.05) is 49.0 Å².